The van der Waals surface area contributed by atoms with Crippen LogP contribution in [0.3, 0.4) is 0 Å². The molecule has 0 radical (unpaired) electrons. The van der Waals surface area contributed by atoms with E-state index in [4.69, 9.17) is 23.2 Å². The van der Waals surface area contributed by atoms with Crippen LogP contribution in [0.2, 0.25) is 10.0 Å². The number of amides is 1. The highest BCUT2D eigenvalue weighted by Gasteiger charge is 2.28. The molecule has 2 aromatic heterocycles. The van der Waals surface area contributed by atoms with E-state index in [1.54, 1.807) is 42.7 Å². The third-order valence-electron chi connectivity index (χ3n) is 3.97. The third-order valence-corrected chi connectivity index (χ3v) is 4.51. The van der Waals surface area contributed by atoms with Crippen LogP contribution in [-0.4, -0.2) is 20.9 Å². The summed E-state index contributed by atoms with van der Waals surface area (Å²) in [5.41, 5.74) is 1.85. The van der Waals surface area contributed by atoms with Crippen LogP contribution in [0.5, 0.6) is 0 Å². The molecule has 0 atom stereocenters. The summed E-state index contributed by atoms with van der Waals surface area (Å²) in [5.74, 6) is 0.357. The molecule has 3 aromatic rings. The summed E-state index contributed by atoms with van der Waals surface area (Å²) in [5, 5.41) is 3.97. The summed E-state index contributed by atoms with van der Waals surface area (Å²) in [6, 6.07) is 8.72. The topological polar surface area (TPSA) is 70.7 Å². The Hall–Kier alpha value is -2.37. The Labute approximate surface area is 161 Å². The molecule has 0 aliphatic heterocycles. The summed E-state index contributed by atoms with van der Waals surface area (Å²) in [6.07, 6.45) is 3.30. The number of nitrogens with zero attached hydrogens (tertiary/aromatic N) is 2. The zero-order valence-electron chi connectivity index (χ0n) is 14.6. The van der Waals surface area contributed by atoms with E-state index in [9.17, 15) is 4.79 Å². The molecule has 26 heavy (non-hydrogen) atoms. The van der Waals surface area contributed by atoms with Crippen LogP contribution in [0.25, 0.3) is 11.1 Å². The summed E-state index contributed by atoms with van der Waals surface area (Å²) in [7, 11) is 0. The largest absolute Gasteiger partial charge is 0.344 e. The lowest BCUT2D eigenvalue weighted by atomic mass is 10.0. The Kier molecular flexibility index (Phi) is 5.03. The predicted octanol–water partition coefficient (Wildman–Crippen LogP) is 4.75. The van der Waals surface area contributed by atoms with E-state index in [1.165, 1.54) is 0 Å². The molecule has 0 unspecified atom stereocenters. The minimum absolute atomic E-state index is 0.285. The number of hydrogen-bond acceptors (Lipinski definition) is 3. The van der Waals surface area contributed by atoms with Crippen molar-refractivity contribution in [1.29, 1.82) is 0 Å². The Morgan fingerprint density at radius 2 is 1.92 bits per heavy atom. The smallest absolute Gasteiger partial charge is 0.271 e. The zero-order chi connectivity index (χ0) is 18.9. The van der Waals surface area contributed by atoms with Gasteiger partial charge in [-0.15, -0.1) is 0 Å². The van der Waals surface area contributed by atoms with Gasteiger partial charge >= 0.3 is 0 Å². The second-order valence-corrected chi connectivity index (χ2v) is 7.36. The van der Waals surface area contributed by atoms with E-state index in [0.717, 1.165) is 5.69 Å². The summed E-state index contributed by atoms with van der Waals surface area (Å²) in [4.78, 5) is 24.7. The number of nitrogens with one attached hydrogen (secondary N) is 2. The van der Waals surface area contributed by atoms with Crippen LogP contribution < -0.4 is 5.32 Å². The molecule has 0 aliphatic carbocycles. The molecule has 0 bridgehead atoms. The maximum absolute atomic E-state index is 12.9. The lowest BCUT2D eigenvalue weighted by Gasteiger charge is -2.24. The van der Waals surface area contributed by atoms with E-state index in [2.05, 4.69) is 20.3 Å². The summed E-state index contributed by atoms with van der Waals surface area (Å²) in [6.45, 7) is 5.66. The van der Waals surface area contributed by atoms with Gasteiger partial charge in [0.15, 0.2) is 0 Å². The summed E-state index contributed by atoms with van der Waals surface area (Å²) < 4.78 is 0. The SMILES string of the molecule is Cc1cnc(C(C)(C)NC(=O)c2ncccc2-c2ccc(Cl)cc2Cl)[nH]1. The van der Waals surface area contributed by atoms with Gasteiger partial charge in [-0.2, -0.15) is 0 Å². The number of benzene rings is 1. The highest BCUT2D eigenvalue weighted by Crippen LogP contribution is 2.32. The molecule has 5 nitrogen and oxygen atoms in total. The first kappa shape index (κ1) is 18.4. The standard InChI is InChI=1S/C19H18Cl2N4O/c1-11-10-23-18(24-11)19(2,3)25-17(26)16-14(5-4-8-22-16)13-7-6-12(20)9-15(13)21/h4-10H,1-3H3,(H,23,24)(H,25,26). The van der Waals surface area contributed by atoms with Gasteiger partial charge < -0.3 is 10.3 Å². The molecule has 3 rings (SSSR count). The first-order valence-corrected chi connectivity index (χ1v) is 8.78. The van der Waals surface area contributed by atoms with Crippen LogP contribution in [0.15, 0.2) is 42.7 Å². The minimum atomic E-state index is -0.691. The van der Waals surface area contributed by atoms with E-state index in [-0.39, 0.29) is 11.6 Å². The Balaban J connectivity index is 1.96. The number of pyridine rings is 1. The zero-order valence-corrected chi connectivity index (χ0v) is 16.1. The van der Waals surface area contributed by atoms with Gasteiger partial charge in [-0.3, -0.25) is 9.78 Å². The number of H-pyrrole nitrogens is 1. The van der Waals surface area contributed by atoms with Crippen molar-refractivity contribution >= 4 is 29.1 Å². The average Bonchev–Trinajstić information content (AvgIpc) is 3.02. The van der Waals surface area contributed by atoms with Crippen LogP contribution in [0, 0.1) is 6.92 Å². The Bertz CT molecular complexity index is 966. The maximum atomic E-state index is 12.9. The van der Waals surface area contributed by atoms with Crippen molar-refractivity contribution < 1.29 is 4.79 Å². The normalized spacial score (nSPS) is 11.4. The lowest BCUT2D eigenvalue weighted by molar-refractivity contribution is 0.0904. The molecule has 1 amide bonds. The summed E-state index contributed by atoms with van der Waals surface area (Å²) >= 11 is 12.3. The van der Waals surface area contributed by atoms with Crippen molar-refractivity contribution in [1.82, 2.24) is 20.3 Å². The van der Waals surface area contributed by atoms with Gasteiger partial charge in [-0.05, 0) is 39.0 Å². The van der Waals surface area contributed by atoms with Gasteiger partial charge in [0, 0.05) is 39.3 Å². The molecule has 7 heteroatoms. The Morgan fingerprint density at radius 1 is 1.15 bits per heavy atom. The van der Waals surface area contributed by atoms with Gasteiger partial charge in [-0.1, -0.05) is 35.3 Å². The van der Waals surface area contributed by atoms with Crippen LogP contribution in [-0.2, 0) is 5.54 Å². The van der Waals surface area contributed by atoms with Crippen LogP contribution in [0.4, 0.5) is 0 Å². The molecule has 2 N–H and O–H groups in total. The molecular formula is C19H18Cl2N4O. The van der Waals surface area contributed by atoms with Crippen LogP contribution in [0.1, 0.15) is 35.9 Å². The molecule has 0 aliphatic rings. The monoisotopic (exact) mass is 388 g/mol. The second kappa shape index (κ2) is 7.09. The maximum Gasteiger partial charge on any atom is 0.271 e. The predicted molar refractivity (Wildman–Crippen MR) is 104 cm³/mol. The molecule has 2 heterocycles. The number of hydrogen-bond donors (Lipinski definition) is 2. The molecule has 0 saturated carbocycles. The highest BCUT2D eigenvalue weighted by molar-refractivity contribution is 6.36. The number of carbonyl (C=O) groups is 1. The van der Waals surface area contributed by atoms with Crippen molar-refractivity contribution in [3.05, 3.63) is 70.0 Å². The van der Waals surface area contributed by atoms with Crippen molar-refractivity contribution in [2.75, 3.05) is 0 Å². The number of aromatic amines is 1. The molecule has 0 fully saturated rings. The first-order valence-electron chi connectivity index (χ1n) is 8.03. The number of imidazole rings is 1. The lowest BCUT2D eigenvalue weighted by Crippen LogP contribution is -2.42. The van der Waals surface area contributed by atoms with Gasteiger partial charge in [0.25, 0.3) is 5.91 Å². The van der Waals surface area contributed by atoms with Gasteiger partial charge in [-0.25, -0.2) is 4.98 Å². The van der Waals surface area contributed by atoms with E-state index < -0.39 is 5.54 Å². The number of aryl methyl sites for hydroxylation is 1. The number of rotatable bonds is 4. The van der Waals surface area contributed by atoms with Gasteiger partial charge in [0.1, 0.15) is 11.5 Å². The quantitative estimate of drug-likeness (QED) is 0.676. The van der Waals surface area contributed by atoms with Gasteiger partial charge in [0.05, 0.1) is 5.54 Å². The fraction of sp³-hybridized carbons (Fsp3) is 0.211. The Morgan fingerprint density at radius 3 is 2.58 bits per heavy atom. The highest BCUT2D eigenvalue weighted by atomic mass is 35.5. The molecule has 1 aromatic carbocycles. The average molecular weight is 389 g/mol. The van der Waals surface area contributed by atoms with Gasteiger partial charge in [0.2, 0.25) is 0 Å². The number of aromatic nitrogens is 3. The molecule has 0 spiro atoms. The van der Waals surface area contributed by atoms with E-state index in [0.29, 0.717) is 27.0 Å². The van der Waals surface area contributed by atoms with Crippen molar-refractivity contribution in [2.24, 2.45) is 0 Å². The fourth-order valence-corrected chi connectivity index (χ4v) is 3.15. The molecule has 0 saturated heterocycles. The van der Waals surface area contributed by atoms with Crippen molar-refractivity contribution in [2.45, 2.75) is 26.3 Å². The van der Waals surface area contributed by atoms with Crippen molar-refractivity contribution in [3.8, 4) is 11.1 Å². The number of carbonyl (C=O) groups excluding carboxylic acids is 1. The second-order valence-electron chi connectivity index (χ2n) is 6.52. The molecule has 134 valence electrons. The van der Waals surface area contributed by atoms with E-state index >= 15 is 0 Å². The van der Waals surface area contributed by atoms with Crippen molar-refractivity contribution in [3.63, 3.8) is 0 Å². The van der Waals surface area contributed by atoms with Crippen LogP contribution >= 0.6 is 23.2 Å². The van der Waals surface area contributed by atoms with E-state index in [1.807, 2.05) is 20.8 Å². The molecular weight excluding hydrogens is 371 g/mol. The third kappa shape index (κ3) is 3.74. The number of halogens is 2. The fourth-order valence-electron chi connectivity index (χ4n) is 2.64. The minimum Gasteiger partial charge on any atom is -0.344 e. The first-order chi connectivity index (χ1) is 12.3.